The molecule has 2 amide bonds. The Bertz CT molecular complexity index is 837. The number of nitrogens with one attached hydrogen (secondary N) is 1. The summed E-state index contributed by atoms with van der Waals surface area (Å²) in [7, 11) is 1.60. The summed E-state index contributed by atoms with van der Waals surface area (Å²) < 4.78 is 10.2. The Hall–Kier alpha value is -3.36. The van der Waals surface area contributed by atoms with Crippen LogP contribution >= 0.6 is 0 Å². The number of carbonyl (C=O) groups excluding carboxylic acids is 2. The van der Waals surface area contributed by atoms with Crippen LogP contribution in [-0.2, 0) is 4.74 Å². The molecule has 2 heterocycles. The van der Waals surface area contributed by atoms with Gasteiger partial charge in [0.15, 0.2) is 0 Å². The van der Waals surface area contributed by atoms with Crippen molar-refractivity contribution in [1.29, 1.82) is 0 Å². The summed E-state index contributed by atoms with van der Waals surface area (Å²) in [5.74, 6) is 1.03. The summed E-state index contributed by atoms with van der Waals surface area (Å²) in [5.41, 5.74) is 1.09. The van der Waals surface area contributed by atoms with Crippen LogP contribution in [-0.4, -0.2) is 71.7 Å². The first kappa shape index (κ1) is 19.4. The van der Waals surface area contributed by atoms with Gasteiger partial charge in [0.25, 0.3) is 5.91 Å². The molecule has 3 rings (SSSR count). The molecule has 1 aliphatic heterocycles. The highest BCUT2D eigenvalue weighted by Gasteiger charge is 2.26. The maximum absolute atomic E-state index is 12.8. The molecule has 1 aromatic heterocycles. The molecule has 0 radical (unpaired) electrons. The lowest BCUT2D eigenvalue weighted by molar-refractivity contribution is 0.0566. The largest absolute Gasteiger partial charge is 0.497 e. The van der Waals surface area contributed by atoms with E-state index >= 15 is 0 Å². The molecular weight excluding hydrogens is 362 g/mol. The number of ether oxygens (including phenoxy) is 2. The van der Waals surface area contributed by atoms with Gasteiger partial charge in [-0.3, -0.25) is 4.79 Å². The average molecular weight is 385 g/mol. The van der Waals surface area contributed by atoms with Crippen LogP contribution in [0.25, 0.3) is 0 Å². The number of methoxy groups -OCH3 is 1. The molecule has 1 fully saturated rings. The van der Waals surface area contributed by atoms with Crippen LogP contribution in [0.2, 0.25) is 0 Å². The van der Waals surface area contributed by atoms with E-state index < -0.39 is 0 Å². The standard InChI is InChI=1S/C19H23N5O4/c1-3-28-19(26)24-9-7-23(8-10-24)18(25)16-12-17(21-13-20-16)22-14-5-4-6-15(11-14)27-2/h4-6,11-13H,3,7-10H2,1-2H3,(H,20,21,22). The molecule has 1 aromatic carbocycles. The van der Waals surface area contributed by atoms with Gasteiger partial charge < -0.3 is 24.6 Å². The molecule has 1 saturated heterocycles. The highest BCUT2D eigenvalue weighted by Crippen LogP contribution is 2.20. The fourth-order valence-electron chi connectivity index (χ4n) is 2.86. The second-order valence-electron chi connectivity index (χ2n) is 6.12. The first-order chi connectivity index (χ1) is 13.6. The second kappa shape index (κ2) is 9.03. The summed E-state index contributed by atoms with van der Waals surface area (Å²) in [6.07, 6.45) is 1.01. The van der Waals surface area contributed by atoms with Crippen LogP contribution in [0.15, 0.2) is 36.7 Å². The number of hydrogen-bond acceptors (Lipinski definition) is 7. The van der Waals surface area contributed by atoms with Crippen molar-refractivity contribution in [2.75, 3.05) is 45.2 Å². The zero-order valence-electron chi connectivity index (χ0n) is 15.9. The maximum Gasteiger partial charge on any atom is 0.409 e. The van der Waals surface area contributed by atoms with Crippen LogP contribution in [0.1, 0.15) is 17.4 Å². The monoisotopic (exact) mass is 385 g/mol. The highest BCUT2D eigenvalue weighted by atomic mass is 16.6. The van der Waals surface area contributed by atoms with E-state index in [1.807, 2.05) is 24.3 Å². The minimum atomic E-state index is -0.346. The molecule has 0 aliphatic carbocycles. The van der Waals surface area contributed by atoms with Gasteiger partial charge in [-0.1, -0.05) is 6.07 Å². The van der Waals surface area contributed by atoms with Gasteiger partial charge >= 0.3 is 6.09 Å². The lowest BCUT2D eigenvalue weighted by atomic mass is 10.2. The number of carbonyl (C=O) groups is 2. The maximum atomic E-state index is 12.8. The van der Waals surface area contributed by atoms with Crippen LogP contribution in [0.3, 0.4) is 0 Å². The van der Waals surface area contributed by atoms with Crippen molar-refractivity contribution in [2.45, 2.75) is 6.92 Å². The van der Waals surface area contributed by atoms with Gasteiger partial charge in [0, 0.05) is 44.0 Å². The molecule has 9 nitrogen and oxygen atoms in total. The van der Waals surface area contributed by atoms with Crippen molar-refractivity contribution in [3.8, 4) is 5.75 Å². The number of nitrogens with zero attached hydrogens (tertiary/aromatic N) is 4. The number of anilines is 2. The molecule has 2 aromatic rings. The molecule has 0 atom stereocenters. The Kier molecular flexibility index (Phi) is 6.25. The summed E-state index contributed by atoms with van der Waals surface area (Å²) in [4.78, 5) is 36.1. The van der Waals surface area contributed by atoms with Crippen molar-refractivity contribution in [3.63, 3.8) is 0 Å². The van der Waals surface area contributed by atoms with Crippen molar-refractivity contribution < 1.29 is 19.1 Å². The quantitative estimate of drug-likeness (QED) is 0.842. The highest BCUT2D eigenvalue weighted by molar-refractivity contribution is 5.93. The van der Waals surface area contributed by atoms with Crippen molar-refractivity contribution >= 4 is 23.5 Å². The van der Waals surface area contributed by atoms with Crippen LogP contribution in [0, 0.1) is 0 Å². The zero-order valence-corrected chi connectivity index (χ0v) is 15.9. The molecule has 1 aliphatic rings. The second-order valence-corrected chi connectivity index (χ2v) is 6.12. The Balaban J connectivity index is 1.63. The number of amides is 2. The van der Waals surface area contributed by atoms with E-state index in [4.69, 9.17) is 9.47 Å². The van der Waals surface area contributed by atoms with E-state index in [1.165, 1.54) is 6.33 Å². The number of hydrogen-bond donors (Lipinski definition) is 1. The average Bonchev–Trinajstić information content (AvgIpc) is 2.74. The Morgan fingerprint density at radius 3 is 2.57 bits per heavy atom. The van der Waals surface area contributed by atoms with E-state index in [0.29, 0.717) is 44.3 Å². The molecule has 0 saturated carbocycles. The topological polar surface area (TPSA) is 96.9 Å². The Labute approximate surface area is 163 Å². The lowest BCUT2D eigenvalue weighted by Gasteiger charge is -2.33. The Morgan fingerprint density at radius 2 is 1.86 bits per heavy atom. The van der Waals surface area contributed by atoms with Gasteiger partial charge in [-0.15, -0.1) is 0 Å². The van der Waals surface area contributed by atoms with Crippen LogP contribution < -0.4 is 10.1 Å². The molecule has 9 heteroatoms. The third-order valence-electron chi connectivity index (χ3n) is 4.32. The third-order valence-corrected chi connectivity index (χ3v) is 4.32. The van der Waals surface area contributed by atoms with Crippen molar-refractivity contribution in [1.82, 2.24) is 19.8 Å². The van der Waals surface area contributed by atoms with Gasteiger partial charge in [-0.25, -0.2) is 14.8 Å². The van der Waals surface area contributed by atoms with Gasteiger partial charge in [-0.05, 0) is 19.1 Å². The predicted octanol–water partition coefficient (Wildman–Crippen LogP) is 2.14. The fraction of sp³-hybridized carbons (Fsp3) is 0.368. The van der Waals surface area contributed by atoms with E-state index in [2.05, 4.69) is 15.3 Å². The van der Waals surface area contributed by atoms with E-state index in [9.17, 15) is 9.59 Å². The minimum Gasteiger partial charge on any atom is -0.497 e. The molecule has 1 N–H and O–H groups in total. The van der Waals surface area contributed by atoms with Crippen LogP contribution in [0.5, 0.6) is 5.75 Å². The molecule has 0 spiro atoms. The third kappa shape index (κ3) is 4.67. The zero-order chi connectivity index (χ0) is 19.9. The fourth-order valence-corrected chi connectivity index (χ4v) is 2.86. The van der Waals surface area contributed by atoms with E-state index in [1.54, 1.807) is 29.9 Å². The van der Waals surface area contributed by atoms with Crippen molar-refractivity contribution in [2.24, 2.45) is 0 Å². The number of piperazine rings is 1. The Morgan fingerprint density at radius 1 is 1.11 bits per heavy atom. The number of aromatic nitrogens is 2. The molecule has 0 bridgehead atoms. The minimum absolute atomic E-state index is 0.195. The summed E-state index contributed by atoms with van der Waals surface area (Å²) in [6, 6.07) is 9.02. The first-order valence-corrected chi connectivity index (χ1v) is 9.04. The summed E-state index contributed by atoms with van der Waals surface area (Å²) >= 11 is 0. The van der Waals surface area contributed by atoms with E-state index in [-0.39, 0.29) is 12.0 Å². The lowest BCUT2D eigenvalue weighted by Crippen LogP contribution is -2.50. The molecular formula is C19H23N5O4. The van der Waals surface area contributed by atoms with Gasteiger partial charge in [0.2, 0.25) is 0 Å². The number of rotatable bonds is 5. The smallest absolute Gasteiger partial charge is 0.409 e. The van der Waals surface area contributed by atoms with Gasteiger partial charge in [0.05, 0.1) is 13.7 Å². The molecule has 148 valence electrons. The summed E-state index contributed by atoms with van der Waals surface area (Å²) in [5, 5.41) is 3.14. The van der Waals surface area contributed by atoms with Gasteiger partial charge in [-0.2, -0.15) is 0 Å². The molecule has 0 unspecified atom stereocenters. The van der Waals surface area contributed by atoms with Crippen molar-refractivity contribution in [3.05, 3.63) is 42.4 Å². The van der Waals surface area contributed by atoms with Gasteiger partial charge in [0.1, 0.15) is 23.6 Å². The number of benzene rings is 1. The summed E-state index contributed by atoms with van der Waals surface area (Å²) in [6.45, 7) is 3.83. The first-order valence-electron chi connectivity index (χ1n) is 9.04. The normalized spacial score (nSPS) is 13.8. The van der Waals surface area contributed by atoms with Crippen LogP contribution in [0.4, 0.5) is 16.3 Å². The molecule has 28 heavy (non-hydrogen) atoms. The predicted molar refractivity (Wildman–Crippen MR) is 103 cm³/mol. The SMILES string of the molecule is CCOC(=O)N1CCN(C(=O)c2cc(Nc3cccc(OC)c3)ncn2)CC1. The van der Waals surface area contributed by atoms with E-state index in [0.717, 1.165) is 11.4 Å².